The van der Waals surface area contributed by atoms with Gasteiger partial charge in [0.15, 0.2) is 5.82 Å². The predicted molar refractivity (Wildman–Crippen MR) is 117 cm³/mol. The second-order valence-electron chi connectivity index (χ2n) is 8.42. The highest BCUT2D eigenvalue weighted by molar-refractivity contribution is 5.93. The van der Waals surface area contributed by atoms with E-state index in [4.69, 9.17) is 0 Å². The molecule has 3 aromatic rings. The van der Waals surface area contributed by atoms with Crippen LogP contribution >= 0.6 is 0 Å². The zero-order chi connectivity index (χ0) is 24.5. The molecule has 2 N–H and O–H groups in total. The van der Waals surface area contributed by atoms with Gasteiger partial charge in [0.05, 0.1) is 18.3 Å². The minimum absolute atomic E-state index is 0.0288. The van der Waals surface area contributed by atoms with E-state index in [0.717, 1.165) is 6.07 Å². The number of aromatic amines is 1. The number of benzene rings is 1. The number of carbonyl (C=O) groups excluding carboxylic acids is 1. The topological polar surface area (TPSA) is 83.0 Å². The molecule has 0 aliphatic carbocycles. The number of piperidine rings is 1. The van der Waals surface area contributed by atoms with Gasteiger partial charge in [-0.15, -0.1) is 0 Å². The summed E-state index contributed by atoms with van der Waals surface area (Å²) in [4.78, 5) is 32.2. The number of alkyl halides is 2. The molecule has 34 heavy (non-hydrogen) atoms. The molecule has 7 nitrogen and oxygen atoms in total. The lowest BCUT2D eigenvalue weighted by molar-refractivity contribution is -0.125. The highest BCUT2D eigenvalue weighted by Gasteiger charge is 2.46. The molecular formula is C23H23F4N5O2. The number of pyridine rings is 1. The molecule has 0 bridgehead atoms. The molecule has 1 saturated heterocycles. The van der Waals surface area contributed by atoms with Gasteiger partial charge in [0.2, 0.25) is 11.5 Å². The normalized spacial score (nSPS) is 19.0. The number of rotatable bonds is 6. The fraction of sp³-hybridized carbons (Fsp3) is 0.348. The van der Waals surface area contributed by atoms with Crippen LogP contribution in [0.25, 0.3) is 0 Å². The lowest BCUT2D eigenvalue weighted by Gasteiger charge is -2.40. The number of hydrogen-bond donors (Lipinski definition) is 2. The van der Waals surface area contributed by atoms with Crippen LogP contribution in [0.4, 0.5) is 23.4 Å². The van der Waals surface area contributed by atoms with Gasteiger partial charge in [-0.2, -0.15) is 0 Å². The quantitative estimate of drug-likeness (QED) is 0.534. The molecule has 1 amide bonds. The maximum atomic E-state index is 14.6. The summed E-state index contributed by atoms with van der Waals surface area (Å²) in [6.07, 6.45) is 3.79. The molecule has 1 aliphatic heterocycles. The van der Waals surface area contributed by atoms with Crippen molar-refractivity contribution in [2.45, 2.75) is 37.8 Å². The average molecular weight is 477 g/mol. The van der Waals surface area contributed by atoms with Gasteiger partial charge in [0, 0.05) is 50.6 Å². The number of likely N-dealkylation sites (tertiary alicyclic amines) is 1. The van der Waals surface area contributed by atoms with Crippen LogP contribution in [0, 0.1) is 11.6 Å². The smallest absolute Gasteiger partial charge is 0.257 e. The summed E-state index contributed by atoms with van der Waals surface area (Å²) in [5, 5.41) is 2.66. The molecule has 1 aromatic carbocycles. The number of imidazole rings is 1. The van der Waals surface area contributed by atoms with Gasteiger partial charge in [0.1, 0.15) is 11.6 Å². The fourth-order valence-electron chi connectivity index (χ4n) is 4.09. The van der Waals surface area contributed by atoms with E-state index in [1.165, 1.54) is 43.0 Å². The van der Waals surface area contributed by atoms with Crippen LogP contribution < -0.4 is 10.9 Å². The summed E-state index contributed by atoms with van der Waals surface area (Å²) in [6, 6.07) is 5.05. The minimum Gasteiger partial charge on any atom is -0.331 e. The second kappa shape index (κ2) is 9.41. The number of hydrogen-bond acceptors (Lipinski definition) is 4. The van der Waals surface area contributed by atoms with Crippen LogP contribution in [0.1, 0.15) is 30.4 Å². The lowest BCUT2D eigenvalue weighted by Crippen LogP contribution is -2.52. The zero-order valence-electron chi connectivity index (χ0n) is 18.3. The Bertz CT molecular complexity index is 1200. The monoisotopic (exact) mass is 477 g/mol. The first-order valence-electron chi connectivity index (χ1n) is 10.7. The molecule has 2 atom stereocenters. The third-order valence-corrected chi connectivity index (χ3v) is 5.97. The molecule has 1 aliphatic rings. The van der Waals surface area contributed by atoms with Crippen molar-refractivity contribution in [2.24, 2.45) is 0 Å². The number of carbonyl (C=O) groups is 1. The fourth-order valence-corrected chi connectivity index (χ4v) is 4.09. The predicted octanol–water partition coefficient (Wildman–Crippen LogP) is 3.35. The van der Waals surface area contributed by atoms with E-state index in [1.807, 2.05) is 0 Å². The zero-order valence-corrected chi connectivity index (χ0v) is 18.3. The third kappa shape index (κ3) is 5.36. The number of H-pyrrole nitrogens is 1. The van der Waals surface area contributed by atoms with E-state index in [9.17, 15) is 27.2 Å². The molecule has 180 valence electrons. The SMILES string of the molecule is C[C@@H](C(=O)Nc1cn(Cc2cc(F)cc(F)c2)cn1)N1CCC(F)(F)[C@@H](c2ccc(=O)[nH]c2)C1. The van der Waals surface area contributed by atoms with E-state index >= 15 is 0 Å². The number of halogens is 4. The molecule has 4 rings (SSSR count). The van der Waals surface area contributed by atoms with Crippen molar-refractivity contribution in [3.05, 3.63) is 82.2 Å². The van der Waals surface area contributed by atoms with E-state index < -0.39 is 41.8 Å². The van der Waals surface area contributed by atoms with E-state index in [-0.39, 0.29) is 31.0 Å². The van der Waals surface area contributed by atoms with Gasteiger partial charge in [0.25, 0.3) is 5.92 Å². The van der Waals surface area contributed by atoms with Crippen LogP contribution in [0.3, 0.4) is 0 Å². The Balaban J connectivity index is 1.40. The summed E-state index contributed by atoms with van der Waals surface area (Å²) in [6.45, 7) is 1.73. The first-order chi connectivity index (χ1) is 16.1. The molecule has 1 fully saturated rings. The van der Waals surface area contributed by atoms with Crippen molar-refractivity contribution in [1.82, 2.24) is 19.4 Å². The van der Waals surface area contributed by atoms with Crippen molar-refractivity contribution in [2.75, 3.05) is 18.4 Å². The summed E-state index contributed by atoms with van der Waals surface area (Å²) in [7, 11) is 0. The molecule has 11 heteroatoms. The molecule has 0 saturated carbocycles. The summed E-state index contributed by atoms with van der Waals surface area (Å²) < 4.78 is 57.5. The first-order valence-corrected chi connectivity index (χ1v) is 10.7. The Morgan fingerprint density at radius 1 is 1.26 bits per heavy atom. The van der Waals surface area contributed by atoms with E-state index in [1.54, 1.807) is 16.4 Å². The highest BCUT2D eigenvalue weighted by atomic mass is 19.3. The van der Waals surface area contributed by atoms with Crippen LogP contribution in [0.2, 0.25) is 0 Å². The molecule has 0 unspecified atom stereocenters. The Morgan fingerprint density at radius 3 is 2.68 bits per heavy atom. The Labute approximate surface area is 192 Å². The van der Waals surface area contributed by atoms with Crippen molar-refractivity contribution in [3.8, 4) is 0 Å². The van der Waals surface area contributed by atoms with Crippen LogP contribution in [-0.4, -0.2) is 50.4 Å². The number of nitrogens with one attached hydrogen (secondary N) is 2. The van der Waals surface area contributed by atoms with Crippen molar-refractivity contribution < 1.29 is 22.4 Å². The number of anilines is 1. The summed E-state index contributed by atoms with van der Waals surface area (Å²) >= 11 is 0. The van der Waals surface area contributed by atoms with Gasteiger partial charge < -0.3 is 14.9 Å². The van der Waals surface area contributed by atoms with Crippen molar-refractivity contribution in [1.29, 1.82) is 0 Å². The standard InChI is InChI=1S/C23H23F4N5O2/c1-14(32-5-4-23(26,27)19(11-32)16-2-3-21(33)28-9-16)22(34)30-20-12-31(13-29-20)10-15-6-17(24)8-18(25)7-15/h2-3,6-9,12-14,19H,4-5,10-11H2,1H3,(H,28,33)(H,30,34)/t14-,19+/m0/s1. The van der Waals surface area contributed by atoms with Gasteiger partial charge in [-0.3, -0.25) is 14.5 Å². The number of aromatic nitrogens is 3. The molecule has 0 radical (unpaired) electrons. The maximum absolute atomic E-state index is 14.6. The molecule has 0 spiro atoms. The van der Waals surface area contributed by atoms with Gasteiger partial charge in [-0.05, 0) is 30.2 Å². The molecular weight excluding hydrogens is 454 g/mol. The van der Waals surface area contributed by atoms with Crippen LogP contribution in [0.5, 0.6) is 0 Å². The van der Waals surface area contributed by atoms with E-state index in [0.29, 0.717) is 11.1 Å². The van der Waals surface area contributed by atoms with Crippen LogP contribution in [-0.2, 0) is 11.3 Å². The largest absolute Gasteiger partial charge is 0.331 e. The Kier molecular flexibility index (Phi) is 6.56. The first kappa shape index (κ1) is 23.7. The second-order valence-corrected chi connectivity index (χ2v) is 8.42. The number of amides is 1. The lowest BCUT2D eigenvalue weighted by atomic mass is 9.87. The van der Waals surface area contributed by atoms with Gasteiger partial charge in [-0.1, -0.05) is 6.07 Å². The summed E-state index contributed by atoms with van der Waals surface area (Å²) in [5.74, 6) is -5.71. The molecule has 2 aromatic heterocycles. The van der Waals surface area contributed by atoms with Crippen molar-refractivity contribution in [3.63, 3.8) is 0 Å². The molecule has 3 heterocycles. The third-order valence-electron chi connectivity index (χ3n) is 5.97. The maximum Gasteiger partial charge on any atom is 0.257 e. The van der Waals surface area contributed by atoms with Gasteiger partial charge in [-0.25, -0.2) is 22.5 Å². The van der Waals surface area contributed by atoms with Crippen molar-refractivity contribution >= 4 is 11.7 Å². The van der Waals surface area contributed by atoms with Gasteiger partial charge >= 0.3 is 0 Å². The number of nitrogens with zero attached hydrogens (tertiary/aromatic N) is 3. The minimum atomic E-state index is -2.97. The Morgan fingerprint density at radius 2 is 2.00 bits per heavy atom. The van der Waals surface area contributed by atoms with E-state index in [2.05, 4.69) is 15.3 Å². The summed E-state index contributed by atoms with van der Waals surface area (Å²) in [5.41, 5.74) is 0.313. The van der Waals surface area contributed by atoms with Crippen LogP contribution in [0.15, 0.2) is 53.8 Å². The Hall–Kier alpha value is -3.47. The average Bonchev–Trinajstić information content (AvgIpc) is 3.19. The highest BCUT2D eigenvalue weighted by Crippen LogP contribution is 2.40.